The molecule has 0 radical (unpaired) electrons. The Morgan fingerprint density at radius 2 is 2.14 bits per heavy atom. The molecule has 76 valence electrons. The molecule has 0 spiro atoms. The maximum Gasteiger partial charge on any atom is 0.0789 e. The van der Waals surface area contributed by atoms with Crippen molar-refractivity contribution in [2.24, 2.45) is 0 Å². The van der Waals surface area contributed by atoms with Crippen molar-refractivity contribution in [1.29, 1.82) is 0 Å². The van der Waals surface area contributed by atoms with Crippen LogP contribution in [0.3, 0.4) is 0 Å². The van der Waals surface area contributed by atoms with Gasteiger partial charge in [-0.1, -0.05) is 17.7 Å². The van der Waals surface area contributed by atoms with E-state index >= 15 is 0 Å². The Morgan fingerprint density at radius 3 is 2.64 bits per heavy atom. The highest BCUT2D eigenvalue weighted by Crippen LogP contribution is 2.36. The Bertz CT molecular complexity index is 314. The highest BCUT2D eigenvalue weighted by atomic mass is 35.5. The summed E-state index contributed by atoms with van der Waals surface area (Å²) in [5, 5.41) is 0.749. The highest BCUT2D eigenvalue weighted by Gasteiger charge is 2.24. The number of halogens is 1. The topological polar surface area (TPSA) is 29.3 Å². The molecule has 1 saturated carbocycles. The van der Waals surface area contributed by atoms with Crippen LogP contribution in [-0.4, -0.2) is 13.1 Å². The van der Waals surface area contributed by atoms with Gasteiger partial charge in [-0.3, -0.25) is 0 Å². The summed E-state index contributed by atoms with van der Waals surface area (Å²) in [5.74, 6) is 0. The summed E-state index contributed by atoms with van der Waals surface area (Å²) in [4.78, 5) is 2.21. The number of benzene rings is 1. The van der Waals surface area contributed by atoms with Crippen LogP contribution in [0, 0.1) is 0 Å². The Balaban J connectivity index is 2.29. The Kier molecular flexibility index (Phi) is 2.55. The molecule has 0 unspecified atom stereocenters. The molecule has 2 N–H and O–H groups in total. The molecular formula is C11H15ClN2. The molecule has 0 amide bonds. The van der Waals surface area contributed by atoms with E-state index in [0.29, 0.717) is 6.04 Å². The van der Waals surface area contributed by atoms with E-state index in [9.17, 15) is 0 Å². The van der Waals surface area contributed by atoms with Crippen molar-refractivity contribution >= 4 is 23.0 Å². The van der Waals surface area contributed by atoms with Crippen LogP contribution in [0.15, 0.2) is 18.2 Å². The zero-order valence-corrected chi connectivity index (χ0v) is 9.09. The molecule has 3 heteroatoms. The van der Waals surface area contributed by atoms with Crippen molar-refractivity contribution in [2.45, 2.75) is 25.3 Å². The van der Waals surface area contributed by atoms with Crippen molar-refractivity contribution < 1.29 is 0 Å². The lowest BCUT2D eigenvalue weighted by molar-refractivity contribution is 0.401. The van der Waals surface area contributed by atoms with Gasteiger partial charge in [0.05, 0.1) is 16.4 Å². The van der Waals surface area contributed by atoms with Gasteiger partial charge in [-0.2, -0.15) is 0 Å². The average molecular weight is 211 g/mol. The normalized spacial score (nSPS) is 16.4. The maximum absolute atomic E-state index is 6.13. The predicted octanol–water partition coefficient (Wildman–Crippen LogP) is 2.91. The summed E-state index contributed by atoms with van der Waals surface area (Å²) in [6.45, 7) is 0. The first-order valence-corrected chi connectivity index (χ1v) is 5.35. The zero-order chi connectivity index (χ0) is 10.1. The standard InChI is InChI=1S/C11H15ClN2/c1-14(8-4-2-5-8)11-9(12)6-3-7-10(11)13/h3,6-8H,2,4-5,13H2,1H3. The number of hydrogen-bond donors (Lipinski definition) is 1. The summed E-state index contributed by atoms with van der Waals surface area (Å²) in [5.41, 5.74) is 7.67. The van der Waals surface area contributed by atoms with E-state index in [1.165, 1.54) is 19.3 Å². The van der Waals surface area contributed by atoms with Crippen LogP contribution in [0.25, 0.3) is 0 Å². The van der Waals surface area contributed by atoms with Gasteiger partial charge in [-0.15, -0.1) is 0 Å². The van der Waals surface area contributed by atoms with Gasteiger partial charge in [0, 0.05) is 13.1 Å². The van der Waals surface area contributed by atoms with Gasteiger partial charge in [0.1, 0.15) is 0 Å². The third-order valence-electron chi connectivity index (χ3n) is 2.99. The smallest absolute Gasteiger partial charge is 0.0789 e. The van der Waals surface area contributed by atoms with Crippen molar-refractivity contribution in [3.63, 3.8) is 0 Å². The molecule has 14 heavy (non-hydrogen) atoms. The molecule has 0 heterocycles. The molecule has 0 aliphatic heterocycles. The molecule has 1 aliphatic carbocycles. The van der Waals surface area contributed by atoms with Gasteiger partial charge >= 0.3 is 0 Å². The van der Waals surface area contributed by atoms with Crippen molar-refractivity contribution in [1.82, 2.24) is 0 Å². The molecule has 1 fully saturated rings. The fourth-order valence-electron chi connectivity index (χ4n) is 1.86. The van der Waals surface area contributed by atoms with Crippen molar-refractivity contribution in [3.8, 4) is 0 Å². The van der Waals surface area contributed by atoms with E-state index < -0.39 is 0 Å². The zero-order valence-electron chi connectivity index (χ0n) is 8.33. The van der Waals surface area contributed by atoms with E-state index in [0.717, 1.165) is 16.4 Å². The van der Waals surface area contributed by atoms with E-state index in [1.54, 1.807) is 0 Å². The first kappa shape index (κ1) is 9.66. The molecule has 0 atom stereocenters. The van der Waals surface area contributed by atoms with E-state index in [4.69, 9.17) is 17.3 Å². The van der Waals surface area contributed by atoms with E-state index in [1.807, 2.05) is 18.2 Å². The van der Waals surface area contributed by atoms with Gasteiger partial charge < -0.3 is 10.6 Å². The molecule has 0 saturated heterocycles. The summed E-state index contributed by atoms with van der Waals surface area (Å²) < 4.78 is 0. The largest absolute Gasteiger partial charge is 0.397 e. The van der Waals surface area contributed by atoms with Gasteiger partial charge in [0.2, 0.25) is 0 Å². The summed E-state index contributed by atoms with van der Waals surface area (Å²) in [6, 6.07) is 6.30. The molecule has 0 aromatic heterocycles. The second kappa shape index (κ2) is 3.70. The van der Waals surface area contributed by atoms with Gasteiger partial charge in [-0.25, -0.2) is 0 Å². The van der Waals surface area contributed by atoms with Crippen molar-refractivity contribution in [3.05, 3.63) is 23.2 Å². The minimum atomic E-state index is 0.622. The number of nitrogens with two attached hydrogens (primary N) is 1. The first-order chi connectivity index (χ1) is 6.70. The predicted molar refractivity (Wildman–Crippen MR) is 61.9 cm³/mol. The lowest BCUT2D eigenvalue weighted by Gasteiger charge is -2.37. The van der Waals surface area contributed by atoms with Crippen LogP contribution >= 0.6 is 11.6 Å². The molecule has 1 aromatic rings. The van der Waals surface area contributed by atoms with Crippen LogP contribution in [0.2, 0.25) is 5.02 Å². The van der Waals surface area contributed by atoms with Crippen LogP contribution in [0.1, 0.15) is 19.3 Å². The van der Waals surface area contributed by atoms with Crippen LogP contribution in [0.4, 0.5) is 11.4 Å². The van der Waals surface area contributed by atoms with Crippen LogP contribution < -0.4 is 10.6 Å². The lowest BCUT2D eigenvalue weighted by atomic mass is 9.91. The molecule has 0 bridgehead atoms. The number of hydrogen-bond acceptors (Lipinski definition) is 2. The van der Waals surface area contributed by atoms with Gasteiger partial charge in [0.25, 0.3) is 0 Å². The lowest BCUT2D eigenvalue weighted by Crippen LogP contribution is -2.37. The number of rotatable bonds is 2. The van der Waals surface area contributed by atoms with Crippen LogP contribution in [-0.2, 0) is 0 Å². The van der Waals surface area contributed by atoms with Gasteiger partial charge in [-0.05, 0) is 31.4 Å². The highest BCUT2D eigenvalue weighted by molar-refractivity contribution is 6.34. The molecule has 2 rings (SSSR count). The summed E-state index contributed by atoms with van der Waals surface area (Å²) >= 11 is 6.13. The monoisotopic (exact) mass is 210 g/mol. The van der Waals surface area contributed by atoms with Crippen molar-refractivity contribution in [2.75, 3.05) is 17.7 Å². The molecular weight excluding hydrogens is 196 g/mol. The summed E-state index contributed by atoms with van der Waals surface area (Å²) in [6.07, 6.45) is 3.82. The van der Waals surface area contributed by atoms with Crippen LogP contribution in [0.5, 0.6) is 0 Å². The number of nitrogens with zero attached hydrogens (tertiary/aromatic N) is 1. The molecule has 1 aliphatic rings. The second-order valence-electron chi connectivity index (χ2n) is 3.87. The number of anilines is 2. The average Bonchev–Trinajstić information content (AvgIpc) is 2.00. The quantitative estimate of drug-likeness (QED) is 0.761. The third kappa shape index (κ3) is 1.55. The van der Waals surface area contributed by atoms with E-state index in [2.05, 4.69) is 11.9 Å². The van der Waals surface area contributed by atoms with Gasteiger partial charge in [0.15, 0.2) is 0 Å². The molecule has 1 aromatic carbocycles. The first-order valence-electron chi connectivity index (χ1n) is 4.97. The minimum Gasteiger partial charge on any atom is -0.397 e. The minimum absolute atomic E-state index is 0.622. The Labute approximate surface area is 89.7 Å². The Hall–Kier alpha value is -0.890. The number of para-hydroxylation sites is 1. The fraction of sp³-hybridized carbons (Fsp3) is 0.455. The Morgan fingerprint density at radius 1 is 1.43 bits per heavy atom. The third-order valence-corrected chi connectivity index (χ3v) is 3.30. The number of nitrogen functional groups attached to an aromatic ring is 1. The second-order valence-corrected chi connectivity index (χ2v) is 4.28. The van der Waals surface area contributed by atoms with E-state index in [-0.39, 0.29) is 0 Å². The maximum atomic E-state index is 6.13. The summed E-state index contributed by atoms with van der Waals surface area (Å²) in [7, 11) is 2.07. The fourth-order valence-corrected chi connectivity index (χ4v) is 2.18. The SMILES string of the molecule is CN(c1c(N)cccc1Cl)C1CCC1. The molecule has 2 nitrogen and oxygen atoms in total.